The summed E-state index contributed by atoms with van der Waals surface area (Å²) in [4.78, 5) is 12.7. The summed E-state index contributed by atoms with van der Waals surface area (Å²) in [6.07, 6.45) is 0. The van der Waals surface area contributed by atoms with Crippen LogP contribution in [0.15, 0.2) is 53.3 Å². The maximum atomic E-state index is 12.7. The Morgan fingerprint density at radius 2 is 1.62 bits per heavy atom. The van der Waals surface area contributed by atoms with Crippen LogP contribution in [0.3, 0.4) is 0 Å². The van der Waals surface area contributed by atoms with Crippen molar-refractivity contribution in [3.05, 3.63) is 75.7 Å². The molecule has 1 heterocycles. The summed E-state index contributed by atoms with van der Waals surface area (Å²) in [6.45, 7) is 5.99. The van der Waals surface area contributed by atoms with Gasteiger partial charge in [-0.25, -0.2) is 4.68 Å². The minimum Gasteiger partial charge on any atom is -0.295 e. The molecule has 1 aromatic heterocycles. The number of nitrogens with zero attached hydrogens (tertiary/aromatic N) is 1. The number of aromatic amines is 1. The molecule has 3 heteroatoms. The monoisotopic (exact) mass is 278 g/mol. The molecule has 3 aromatic rings. The van der Waals surface area contributed by atoms with Crippen molar-refractivity contribution in [2.24, 2.45) is 0 Å². The molecule has 2 aromatic carbocycles. The second-order valence-corrected chi connectivity index (χ2v) is 5.46. The molecule has 0 aliphatic rings. The molecular weight excluding hydrogens is 260 g/mol. The first kappa shape index (κ1) is 13.4. The predicted octanol–water partition coefficient (Wildman–Crippen LogP) is 3.76. The summed E-state index contributed by atoms with van der Waals surface area (Å²) < 4.78 is 1.61. The Hall–Kier alpha value is -2.55. The molecule has 0 spiro atoms. The highest BCUT2D eigenvalue weighted by Crippen LogP contribution is 2.20. The fourth-order valence-electron chi connectivity index (χ4n) is 2.56. The molecule has 0 atom stereocenters. The van der Waals surface area contributed by atoms with Gasteiger partial charge >= 0.3 is 0 Å². The summed E-state index contributed by atoms with van der Waals surface area (Å²) in [6, 6.07) is 15.9. The van der Waals surface area contributed by atoms with E-state index in [2.05, 4.69) is 5.10 Å². The lowest BCUT2D eigenvalue weighted by Gasteiger charge is -2.02. The minimum absolute atomic E-state index is 0.0121. The Bertz CT molecular complexity index is 838. The van der Waals surface area contributed by atoms with Gasteiger partial charge in [-0.1, -0.05) is 42.0 Å². The van der Waals surface area contributed by atoms with Gasteiger partial charge in [-0.3, -0.25) is 9.89 Å². The molecule has 21 heavy (non-hydrogen) atoms. The van der Waals surface area contributed by atoms with Gasteiger partial charge in [-0.15, -0.1) is 0 Å². The van der Waals surface area contributed by atoms with Gasteiger partial charge < -0.3 is 0 Å². The second kappa shape index (κ2) is 5.09. The number of aromatic nitrogens is 2. The molecule has 3 nitrogen and oxygen atoms in total. The zero-order valence-corrected chi connectivity index (χ0v) is 12.5. The molecule has 3 rings (SSSR count). The van der Waals surface area contributed by atoms with Gasteiger partial charge in [0, 0.05) is 5.69 Å². The largest absolute Gasteiger partial charge is 0.295 e. The molecule has 0 aliphatic heterocycles. The van der Waals surface area contributed by atoms with Crippen molar-refractivity contribution < 1.29 is 0 Å². The third-order valence-electron chi connectivity index (χ3n) is 3.67. The molecule has 0 saturated heterocycles. The molecule has 106 valence electrons. The van der Waals surface area contributed by atoms with E-state index in [0.29, 0.717) is 0 Å². The van der Waals surface area contributed by atoms with Crippen molar-refractivity contribution in [3.63, 3.8) is 0 Å². The summed E-state index contributed by atoms with van der Waals surface area (Å²) in [5.74, 6) is 0. The van der Waals surface area contributed by atoms with E-state index < -0.39 is 0 Å². The van der Waals surface area contributed by atoms with E-state index in [9.17, 15) is 4.79 Å². The Labute approximate surface area is 123 Å². The molecule has 0 aliphatic carbocycles. The van der Waals surface area contributed by atoms with Crippen LogP contribution in [-0.2, 0) is 0 Å². The van der Waals surface area contributed by atoms with Gasteiger partial charge in [0.05, 0.1) is 11.3 Å². The topological polar surface area (TPSA) is 37.8 Å². The average Bonchev–Trinajstić information content (AvgIpc) is 2.75. The van der Waals surface area contributed by atoms with E-state index >= 15 is 0 Å². The highest BCUT2D eigenvalue weighted by atomic mass is 16.1. The van der Waals surface area contributed by atoms with Crippen molar-refractivity contribution in [1.29, 1.82) is 0 Å². The van der Waals surface area contributed by atoms with Crippen LogP contribution in [0, 0.1) is 20.8 Å². The smallest absolute Gasteiger partial charge is 0.279 e. The van der Waals surface area contributed by atoms with E-state index in [1.807, 2.05) is 69.3 Å². The quantitative estimate of drug-likeness (QED) is 0.761. The lowest BCUT2D eigenvalue weighted by molar-refractivity contribution is 0.834. The van der Waals surface area contributed by atoms with E-state index in [0.717, 1.165) is 28.1 Å². The van der Waals surface area contributed by atoms with Crippen LogP contribution >= 0.6 is 0 Å². The lowest BCUT2D eigenvalue weighted by Crippen LogP contribution is -2.15. The van der Waals surface area contributed by atoms with Crippen molar-refractivity contribution in [3.8, 4) is 16.8 Å². The zero-order chi connectivity index (χ0) is 15.0. The first-order chi connectivity index (χ1) is 10.1. The standard InChI is InChI=1S/C18H18N2O/c1-12-7-9-15(10-8-12)17-14(3)19-20(18(17)21)16-6-4-5-13(2)11-16/h4-11,19H,1-3H3. The molecule has 0 amide bonds. The van der Waals surface area contributed by atoms with Crippen LogP contribution < -0.4 is 5.56 Å². The fraction of sp³-hybridized carbons (Fsp3) is 0.167. The van der Waals surface area contributed by atoms with Crippen molar-refractivity contribution >= 4 is 0 Å². The van der Waals surface area contributed by atoms with Crippen LogP contribution in [-0.4, -0.2) is 9.78 Å². The van der Waals surface area contributed by atoms with Gasteiger partial charge in [0.1, 0.15) is 0 Å². The first-order valence-corrected chi connectivity index (χ1v) is 7.02. The highest BCUT2D eigenvalue weighted by molar-refractivity contribution is 5.65. The predicted molar refractivity (Wildman–Crippen MR) is 86.0 cm³/mol. The number of nitrogens with one attached hydrogen (secondary N) is 1. The third-order valence-corrected chi connectivity index (χ3v) is 3.67. The molecule has 0 unspecified atom stereocenters. The highest BCUT2D eigenvalue weighted by Gasteiger charge is 2.14. The number of aryl methyl sites for hydroxylation is 3. The maximum absolute atomic E-state index is 12.7. The Morgan fingerprint density at radius 1 is 0.905 bits per heavy atom. The first-order valence-electron chi connectivity index (χ1n) is 7.02. The average molecular weight is 278 g/mol. The summed E-state index contributed by atoms with van der Waals surface area (Å²) >= 11 is 0. The number of hydrogen-bond acceptors (Lipinski definition) is 1. The molecule has 0 fully saturated rings. The van der Waals surface area contributed by atoms with Crippen LogP contribution in [0.1, 0.15) is 16.8 Å². The van der Waals surface area contributed by atoms with Crippen molar-refractivity contribution in [1.82, 2.24) is 9.78 Å². The third kappa shape index (κ3) is 2.42. The van der Waals surface area contributed by atoms with Crippen LogP contribution in [0.5, 0.6) is 0 Å². The number of benzene rings is 2. The number of rotatable bonds is 2. The molecular formula is C18H18N2O. The number of hydrogen-bond donors (Lipinski definition) is 1. The van der Waals surface area contributed by atoms with Crippen LogP contribution in [0.2, 0.25) is 0 Å². The summed E-state index contributed by atoms with van der Waals surface area (Å²) in [5, 5.41) is 3.17. The Balaban J connectivity index is 2.17. The van der Waals surface area contributed by atoms with Gasteiger partial charge in [0.15, 0.2) is 0 Å². The fourth-order valence-corrected chi connectivity index (χ4v) is 2.56. The second-order valence-electron chi connectivity index (χ2n) is 5.46. The lowest BCUT2D eigenvalue weighted by atomic mass is 10.1. The summed E-state index contributed by atoms with van der Waals surface area (Å²) in [5.41, 5.74) is 5.73. The molecule has 0 bridgehead atoms. The molecule has 0 radical (unpaired) electrons. The van der Waals surface area contributed by atoms with E-state index in [4.69, 9.17) is 0 Å². The zero-order valence-electron chi connectivity index (χ0n) is 12.5. The SMILES string of the molecule is Cc1ccc(-c2c(C)[nH]n(-c3cccc(C)c3)c2=O)cc1. The van der Waals surface area contributed by atoms with Crippen molar-refractivity contribution in [2.45, 2.75) is 20.8 Å². The van der Waals surface area contributed by atoms with Crippen molar-refractivity contribution in [2.75, 3.05) is 0 Å². The Morgan fingerprint density at radius 3 is 2.29 bits per heavy atom. The molecule has 1 N–H and O–H groups in total. The molecule has 0 saturated carbocycles. The maximum Gasteiger partial charge on any atom is 0.279 e. The number of H-pyrrole nitrogens is 1. The Kier molecular flexibility index (Phi) is 3.26. The van der Waals surface area contributed by atoms with E-state index in [1.165, 1.54) is 5.56 Å². The van der Waals surface area contributed by atoms with Gasteiger partial charge in [-0.05, 0) is 44.0 Å². The van der Waals surface area contributed by atoms with E-state index in [-0.39, 0.29) is 5.56 Å². The van der Waals surface area contributed by atoms with Crippen LogP contribution in [0.4, 0.5) is 0 Å². The van der Waals surface area contributed by atoms with E-state index in [1.54, 1.807) is 4.68 Å². The van der Waals surface area contributed by atoms with Gasteiger partial charge in [0.25, 0.3) is 5.56 Å². The normalized spacial score (nSPS) is 10.8. The minimum atomic E-state index is -0.0121. The summed E-state index contributed by atoms with van der Waals surface area (Å²) in [7, 11) is 0. The van der Waals surface area contributed by atoms with Crippen LogP contribution in [0.25, 0.3) is 16.8 Å². The van der Waals surface area contributed by atoms with Gasteiger partial charge in [-0.2, -0.15) is 0 Å². The van der Waals surface area contributed by atoms with Gasteiger partial charge in [0.2, 0.25) is 0 Å².